The fraction of sp³-hybridized carbons (Fsp3) is 0.267. The van der Waals surface area contributed by atoms with E-state index in [4.69, 9.17) is 0 Å². The van der Waals surface area contributed by atoms with E-state index in [1.54, 1.807) is 30.7 Å². The van der Waals surface area contributed by atoms with Crippen molar-refractivity contribution in [3.8, 4) is 0 Å². The summed E-state index contributed by atoms with van der Waals surface area (Å²) in [5.41, 5.74) is 3.08. The molecule has 0 bridgehead atoms. The van der Waals surface area contributed by atoms with Gasteiger partial charge in [0.05, 0.1) is 12.8 Å². The van der Waals surface area contributed by atoms with Gasteiger partial charge < -0.3 is 9.67 Å². The molecule has 0 atom stereocenters. The third-order valence-corrected chi connectivity index (χ3v) is 3.76. The van der Waals surface area contributed by atoms with Crippen LogP contribution in [0, 0.1) is 0 Å². The molecule has 0 radical (unpaired) electrons. The maximum atomic E-state index is 12.4. The Hall–Kier alpha value is -3.27. The molecule has 0 spiro atoms. The molecule has 10 nitrogen and oxygen atoms in total. The molecule has 25 heavy (non-hydrogen) atoms. The predicted molar refractivity (Wildman–Crippen MR) is 92.8 cm³/mol. The van der Waals surface area contributed by atoms with Crippen LogP contribution in [-0.2, 0) is 20.6 Å². The van der Waals surface area contributed by atoms with Crippen LogP contribution in [0.1, 0.15) is 5.56 Å². The largest absolute Gasteiger partial charge is 0.395 e. The number of imidazole rings is 1. The third kappa shape index (κ3) is 2.94. The Morgan fingerprint density at radius 2 is 1.96 bits per heavy atom. The van der Waals surface area contributed by atoms with Crippen molar-refractivity contribution in [3.63, 3.8) is 0 Å². The number of nitrogens with zero attached hydrogens (tertiary/aromatic N) is 6. The van der Waals surface area contributed by atoms with Gasteiger partial charge in [-0.2, -0.15) is 10.1 Å². The Bertz CT molecular complexity index is 1050. The Labute approximate surface area is 141 Å². The van der Waals surface area contributed by atoms with Gasteiger partial charge in [0.15, 0.2) is 11.2 Å². The number of anilines is 1. The van der Waals surface area contributed by atoms with E-state index in [9.17, 15) is 14.7 Å². The van der Waals surface area contributed by atoms with Crippen LogP contribution in [0.15, 0.2) is 39.2 Å². The highest BCUT2D eigenvalue weighted by Crippen LogP contribution is 2.15. The van der Waals surface area contributed by atoms with Crippen LogP contribution in [0.5, 0.6) is 0 Å². The van der Waals surface area contributed by atoms with E-state index in [0.717, 1.165) is 10.1 Å². The molecule has 3 heterocycles. The first-order valence-electron chi connectivity index (χ1n) is 7.50. The van der Waals surface area contributed by atoms with Gasteiger partial charge in [-0.3, -0.25) is 18.9 Å². The SMILES string of the molecule is Cn1c(=O)c2c(nc(N/N=C/c3ccncc3)n2CCO)n(C)c1=O. The minimum atomic E-state index is -0.481. The molecule has 0 saturated carbocycles. The smallest absolute Gasteiger partial charge is 0.332 e. The maximum Gasteiger partial charge on any atom is 0.332 e. The van der Waals surface area contributed by atoms with Gasteiger partial charge in [-0.25, -0.2) is 10.2 Å². The van der Waals surface area contributed by atoms with Crippen LogP contribution < -0.4 is 16.7 Å². The molecule has 2 N–H and O–H groups in total. The third-order valence-electron chi connectivity index (χ3n) is 3.76. The standard InChI is InChI=1S/C15H17N7O3/c1-20-12-11(13(24)21(2)15(20)25)22(7-8-23)14(18-12)19-17-9-10-3-5-16-6-4-10/h3-6,9,23H,7-8H2,1-2H3,(H,18,19)/b17-9+. The topological polar surface area (TPSA) is 119 Å². The number of pyridine rings is 1. The van der Waals surface area contributed by atoms with Crippen LogP contribution in [0.2, 0.25) is 0 Å². The highest BCUT2D eigenvalue weighted by atomic mass is 16.3. The quantitative estimate of drug-likeness (QED) is 0.465. The van der Waals surface area contributed by atoms with Crippen LogP contribution in [0.4, 0.5) is 5.95 Å². The lowest BCUT2D eigenvalue weighted by Gasteiger charge is -2.07. The summed E-state index contributed by atoms with van der Waals surface area (Å²) >= 11 is 0. The molecule has 0 aliphatic rings. The summed E-state index contributed by atoms with van der Waals surface area (Å²) in [5, 5.41) is 13.4. The molecule has 0 fully saturated rings. The van der Waals surface area contributed by atoms with E-state index < -0.39 is 11.2 Å². The molecule has 10 heteroatoms. The molecular weight excluding hydrogens is 326 g/mol. The number of rotatable bonds is 5. The Morgan fingerprint density at radius 3 is 2.64 bits per heavy atom. The van der Waals surface area contributed by atoms with Crippen molar-refractivity contribution >= 4 is 23.3 Å². The first-order chi connectivity index (χ1) is 12.0. The van der Waals surface area contributed by atoms with Gasteiger partial charge in [-0.05, 0) is 17.7 Å². The lowest BCUT2D eigenvalue weighted by atomic mass is 10.3. The summed E-state index contributed by atoms with van der Waals surface area (Å²) in [6.07, 6.45) is 4.85. The highest BCUT2D eigenvalue weighted by molar-refractivity contribution is 5.80. The minimum Gasteiger partial charge on any atom is -0.395 e. The summed E-state index contributed by atoms with van der Waals surface area (Å²) < 4.78 is 3.78. The van der Waals surface area contributed by atoms with E-state index in [1.165, 1.54) is 23.2 Å². The number of fused-ring (bicyclic) bond motifs is 1. The second-order valence-corrected chi connectivity index (χ2v) is 5.34. The second kappa shape index (κ2) is 6.69. The fourth-order valence-corrected chi connectivity index (χ4v) is 2.46. The molecule has 0 unspecified atom stereocenters. The number of aryl methyl sites for hydroxylation is 1. The maximum absolute atomic E-state index is 12.4. The number of hydrogen-bond acceptors (Lipinski definition) is 7. The second-order valence-electron chi connectivity index (χ2n) is 5.34. The lowest BCUT2D eigenvalue weighted by Crippen LogP contribution is -2.37. The van der Waals surface area contributed by atoms with E-state index >= 15 is 0 Å². The first kappa shape index (κ1) is 16.6. The Balaban J connectivity index is 2.09. The molecule has 3 rings (SSSR count). The molecular formula is C15H17N7O3. The van der Waals surface area contributed by atoms with Gasteiger partial charge in [0, 0.05) is 33.0 Å². The van der Waals surface area contributed by atoms with E-state index in [2.05, 4.69) is 20.5 Å². The molecule has 130 valence electrons. The van der Waals surface area contributed by atoms with Gasteiger partial charge in [0.1, 0.15) is 0 Å². The van der Waals surface area contributed by atoms with Crippen molar-refractivity contribution in [2.75, 3.05) is 12.0 Å². The Morgan fingerprint density at radius 1 is 1.24 bits per heavy atom. The average Bonchev–Trinajstić information content (AvgIpc) is 2.98. The number of aliphatic hydroxyl groups excluding tert-OH is 1. The minimum absolute atomic E-state index is 0.136. The van der Waals surface area contributed by atoms with Gasteiger partial charge in [0.25, 0.3) is 5.56 Å². The van der Waals surface area contributed by atoms with E-state index in [1.807, 2.05) is 0 Å². The van der Waals surface area contributed by atoms with E-state index in [0.29, 0.717) is 0 Å². The van der Waals surface area contributed by atoms with Crippen molar-refractivity contribution in [3.05, 3.63) is 50.9 Å². The van der Waals surface area contributed by atoms with Gasteiger partial charge in [0.2, 0.25) is 5.95 Å². The number of aliphatic hydroxyl groups is 1. The van der Waals surface area contributed by atoms with Crippen molar-refractivity contribution in [1.82, 2.24) is 23.7 Å². The monoisotopic (exact) mass is 343 g/mol. The number of nitrogens with one attached hydrogen (secondary N) is 1. The molecule has 0 amide bonds. The van der Waals surface area contributed by atoms with Gasteiger partial charge in [-0.15, -0.1) is 0 Å². The molecule has 0 aliphatic heterocycles. The van der Waals surface area contributed by atoms with Crippen LogP contribution in [0.3, 0.4) is 0 Å². The molecule has 3 aromatic rings. The molecule has 0 saturated heterocycles. The summed E-state index contributed by atoms with van der Waals surface area (Å²) in [7, 11) is 2.93. The van der Waals surface area contributed by atoms with Crippen LogP contribution >= 0.6 is 0 Å². The Kier molecular flexibility index (Phi) is 4.44. The zero-order valence-electron chi connectivity index (χ0n) is 13.7. The van der Waals surface area contributed by atoms with E-state index in [-0.39, 0.29) is 30.3 Å². The fourth-order valence-electron chi connectivity index (χ4n) is 2.46. The van der Waals surface area contributed by atoms with Crippen molar-refractivity contribution in [1.29, 1.82) is 0 Å². The number of aromatic nitrogens is 5. The predicted octanol–water partition coefficient (Wildman–Crippen LogP) is -0.733. The zero-order valence-corrected chi connectivity index (χ0v) is 13.7. The molecule has 3 aromatic heterocycles. The molecule has 0 aromatic carbocycles. The van der Waals surface area contributed by atoms with Crippen molar-refractivity contribution in [2.24, 2.45) is 19.2 Å². The number of hydrogen-bond donors (Lipinski definition) is 2. The summed E-state index contributed by atoms with van der Waals surface area (Å²) in [5.74, 6) is 0.257. The van der Waals surface area contributed by atoms with Crippen molar-refractivity contribution < 1.29 is 5.11 Å². The van der Waals surface area contributed by atoms with Gasteiger partial charge in [-0.1, -0.05) is 0 Å². The van der Waals surface area contributed by atoms with Crippen LogP contribution in [-0.4, -0.2) is 41.6 Å². The average molecular weight is 343 g/mol. The summed E-state index contributed by atoms with van der Waals surface area (Å²) in [6, 6.07) is 3.56. The highest BCUT2D eigenvalue weighted by Gasteiger charge is 2.18. The number of hydrazone groups is 1. The van der Waals surface area contributed by atoms with Gasteiger partial charge >= 0.3 is 5.69 Å². The normalized spacial score (nSPS) is 11.5. The van der Waals surface area contributed by atoms with Crippen LogP contribution in [0.25, 0.3) is 11.2 Å². The molecule has 0 aliphatic carbocycles. The zero-order chi connectivity index (χ0) is 18.0. The summed E-state index contributed by atoms with van der Waals surface area (Å²) in [6.45, 7) is -0.0583. The van der Waals surface area contributed by atoms with Crippen molar-refractivity contribution in [2.45, 2.75) is 6.54 Å². The lowest BCUT2D eigenvalue weighted by molar-refractivity contribution is 0.278. The first-order valence-corrected chi connectivity index (χ1v) is 7.50. The summed E-state index contributed by atoms with van der Waals surface area (Å²) in [4.78, 5) is 32.7.